The molecule has 1 unspecified atom stereocenters. The number of pyridine rings is 1. The number of hydrogen-bond donors (Lipinski definition) is 0. The molecule has 0 bridgehead atoms. The van der Waals surface area contributed by atoms with E-state index in [1.807, 2.05) is 23.1 Å². The summed E-state index contributed by atoms with van der Waals surface area (Å²) in [5, 5.41) is 0. The summed E-state index contributed by atoms with van der Waals surface area (Å²) in [7, 11) is 1.70. The Bertz CT molecular complexity index is 610. The maximum atomic E-state index is 14.7. The molecule has 0 radical (unpaired) electrons. The molecule has 108 valence electrons. The first kappa shape index (κ1) is 15.0. The molecular weight excluding hydrogens is 265 g/mol. The summed E-state index contributed by atoms with van der Waals surface area (Å²) in [5.74, 6) is 6.27. The smallest absolute Gasteiger partial charge is 0.190 e. The molecule has 21 heavy (non-hydrogen) atoms. The molecule has 1 aromatic heterocycles. The molecule has 1 aliphatic rings. The Kier molecular flexibility index (Phi) is 4.89. The van der Waals surface area contributed by atoms with Gasteiger partial charge in [-0.2, -0.15) is 0 Å². The van der Waals surface area contributed by atoms with Crippen molar-refractivity contribution in [3.8, 4) is 11.8 Å². The van der Waals surface area contributed by atoms with Gasteiger partial charge in [-0.3, -0.25) is 4.99 Å². The van der Waals surface area contributed by atoms with E-state index in [-0.39, 0.29) is 6.54 Å². The second kappa shape index (κ2) is 6.85. The zero-order valence-electron chi connectivity index (χ0n) is 12.1. The van der Waals surface area contributed by atoms with Crippen LogP contribution < -0.4 is 0 Å². The van der Waals surface area contributed by atoms with Gasteiger partial charge >= 0.3 is 0 Å². The van der Waals surface area contributed by atoms with Crippen LogP contribution in [0.1, 0.15) is 12.1 Å². The van der Waals surface area contributed by atoms with Crippen LogP contribution in [0.5, 0.6) is 0 Å². The van der Waals surface area contributed by atoms with Gasteiger partial charge in [-0.15, -0.1) is 0 Å². The van der Waals surface area contributed by atoms with Crippen LogP contribution in [0, 0.1) is 11.8 Å². The highest BCUT2D eigenvalue weighted by Gasteiger charge is 2.37. The van der Waals surface area contributed by atoms with Crippen LogP contribution in [0.25, 0.3) is 0 Å². The Labute approximate surface area is 124 Å². The van der Waals surface area contributed by atoms with Crippen molar-refractivity contribution in [2.45, 2.75) is 12.1 Å². The minimum Gasteiger partial charge on any atom is -0.353 e. The van der Waals surface area contributed by atoms with Gasteiger partial charge in [-0.25, -0.2) is 9.37 Å². The second-order valence-corrected chi connectivity index (χ2v) is 4.78. The average molecular weight is 283 g/mol. The summed E-state index contributed by atoms with van der Waals surface area (Å²) in [6.07, 6.45) is 7.31. The van der Waals surface area contributed by atoms with Gasteiger partial charge in [0.15, 0.2) is 5.67 Å². The van der Waals surface area contributed by atoms with E-state index in [0.717, 1.165) is 5.84 Å². The third-order valence-corrected chi connectivity index (χ3v) is 3.23. The first-order valence-electron chi connectivity index (χ1n) is 6.81. The predicted octanol–water partition coefficient (Wildman–Crippen LogP) is 2.62. The van der Waals surface area contributed by atoms with E-state index < -0.39 is 5.67 Å². The molecule has 0 N–H and O–H groups in total. The zero-order chi connectivity index (χ0) is 15.1. The molecule has 0 amide bonds. The van der Waals surface area contributed by atoms with E-state index in [0.29, 0.717) is 18.7 Å². The first-order chi connectivity index (χ1) is 10.2. The topological polar surface area (TPSA) is 28.5 Å². The zero-order valence-corrected chi connectivity index (χ0v) is 12.1. The van der Waals surface area contributed by atoms with Crippen molar-refractivity contribution in [3.05, 3.63) is 54.9 Å². The van der Waals surface area contributed by atoms with Gasteiger partial charge in [0.2, 0.25) is 0 Å². The summed E-state index contributed by atoms with van der Waals surface area (Å²) in [4.78, 5) is 10.1. The lowest BCUT2D eigenvalue weighted by Crippen LogP contribution is -2.31. The average Bonchev–Trinajstić information content (AvgIpc) is 2.90. The van der Waals surface area contributed by atoms with Gasteiger partial charge in [0, 0.05) is 26.2 Å². The molecule has 1 fully saturated rings. The molecule has 2 heterocycles. The summed E-state index contributed by atoms with van der Waals surface area (Å²) in [5.41, 5.74) is -0.931. The van der Waals surface area contributed by atoms with Crippen molar-refractivity contribution >= 4 is 5.84 Å². The van der Waals surface area contributed by atoms with Gasteiger partial charge in [0.25, 0.3) is 0 Å². The minimum atomic E-state index is -1.52. The Hall–Kier alpha value is -2.41. The van der Waals surface area contributed by atoms with Crippen molar-refractivity contribution in [2.24, 2.45) is 4.99 Å². The number of likely N-dealkylation sites (tertiary alicyclic amines) is 1. The summed E-state index contributed by atoms with van der Waals surface area (Å²) in [6, 6.07) is 5.42. The molecule has 0 aromatic carbocycles. The molecule has 0 saturated carbocycles. The van der Waals surface area contributed by atoms with Crippen LogP contribution in [-0.2, 0) is 0 Å². The number of aromatic nitrogens is 1. The molecule has 0 spiro atoms. The highest BCUT2D eigenvalue weighted by molar-refractivity contribution is 5.93. The maximum absolute atomic E-state index is 14.7. The van der Waals surface area contributed by atoms with E-state index in [9.17, 15) is 4.39 Å². The highest BCUT2D eigenvalue weighted by Crippen LogP contribution is 2.25. The van der Waals surface area contributed by atoms with Crippen molar-refractivity contribution in [3.63, 3.8) is 0 Å². The number of alkyl halides is 1. The number of hydrogen-bond acceptors (Lipinski definition) is 2. The Morgan fingerprint density at radius 3 is 3.10 bits per heavy atom. The Balaban J connectivity index is 2.08. The molecule has 3 nitrogen and oxygen atoms in total. The van der Waals surface area contributed by atoms with Gasteiger partial charge in [0.05, 0.1) is 6.54 Å². The van der Waals surface area contributed by atoms with Crippen molar-refractivity contribution in [2.75, 3.05) is 20.1 Å². The number of rotatable bonds is 2. The third-order valence-electron chi connectivity index (χ3n) is 3.23. The van der Waals surface area contributed by atoms with E-state index in [1.54, 1.807) is 31.5 Å². The monoisotopic (exact) mass is 283 g/mol. The quantitative estimate of drug-likeness (QED) is 0.361. The molecule has 1 atom stereocenters. The summed E-state index contributed by atoms with van der Waals surface area (Å²) in [6.45, 7) is 4.44. The van der Waals surface area contributed by atoms with Crippen LogP contribution in [0.3, 0.4) is 0 Å². The minimum absolute atomic E-state index is 0.223. The van der Waals surface area contributed by atoms with Gasteiger partial charge in [-0.1, -0.05) is 30.7 Å². The molecule has 0 aliphatic carbocycles. The van der Waals surface area contributed by atoms with Crippen molar-refractivity contribution in [1.29, 1.82) is 0 Å². The number of allylic oxidation sites excluding steroid dienone is 2. The first-order valence-corrected chi connectivity index (χ1v) is 6.81. The fourth-order valence-electron chi connectivity index (χ4n) is 2.16. The van der Waals surface area contributed by atoms with E-state index >= 15 is 0 Å². The maximum Gasteiger partial charge on any atom is 0.190 e. The van der Waals surface area contributed by atoms with E-state index in [1.165, 1.54) is 0 Å². The molecule has 4 heteroatoms. The van der Waals surface area contributed by atoms with Crippen LogP contribution in [0.4, 0.5) is 4.39 Å². The van der Waals surface area contributed by atoms with E-state index in [4.69, 9.17) is 0 Å². The largest absolute Gasteiger partial charge is 0.353 e. The summed E-state index contributed by atoms with van der Waals surface area (Å²) >= 11 is 0. The van der Waals surface area contributed by atoms with E-state index in [2.05, 4.69) is 28.4 Å². The lowest BCUT2D eigenvalue weighted by molar-refractivity contribution is 0.258. The molecular formula is C17H18FN3. The SMILES string of the molecule is C=C/C=C\C(=NC)N1CCC(F)(C#Cc2ccccn2)C1. The molecule has 1 saturated heterocycles. The Morgan fingerprint density at radius 1 is 1.57 bits per heavy atom. The Morgan fingerprint density at radius 2 is 2.43 bits per heavy atom. The fraction of sp³-hybridized carbons (Fsp3) is 0.294. The van der Waals surface area contributed by atoms with Crippen molar-refractivity contribution < 1.29 is 4.39 Å². The molecule has 1 aromatic rings. The van der Waals surface area contributed by atoms with Crippen LogP contribution in [0.2, 0.25) is 0 Å². The fourth-order valence-corrected chi connectivity index (χ4v) is 2.16. The van der Waals surface area contributed by atoms with Gasteiger partial charge in [-0.05, 0) is 24.1 Å². The number of amidine groups is 1. The van der Waals surface area contributed by atoms with Crippen LogP contribution in [0.15, 0.2) is 54.2 Å². The van der Waals surface area contributed by atoms with Gasteiger partial charge in [0.1, 0.15) is 11.5 Å². The predicted molar refractivity (Wildman–Crippen MR) is 83.8 cm³/mol. The van der Waals surface area contributed by atoms with Crippen LogP contribution in [-0.4, -0.2) is 41.5 Å². The number of halogens is 1. The molecule has 1 aliphatic heterocycles. The standard InChI is InChI=1S/C17H18FN3/c1-3-4-8-16(19-2)21-13-11-17(18,14-21)10-9-15-7-5-6-12-20-15/h3-8,12H,1,11,13-14H2,2H3/b8-4-,19-16?. The lowest BCUT2D eigenvalue weighted by Gasteiger charge is -2.18. The van der Waals surface area contributed by atoms with Crippen LogP contribution >= 0.6 is 0 Å². The van der Waals surface area contributed by atoms with Crippen molar-refractivity contribution in [1.82, 2.24) is 9.88 Å². The third kappa shape index (κ3) is 4.03. The molecule has 2 rings (SSSR count). The lowest BCUT2D eigenvalue weighted by atomic mass is 10.1. The van der Waals surface area contributed by atoms with Gasteiger partial charge < -0.3 is 4.90 Å². The normalized spacial score (nSPS) is 22.2. The highest BCUT2D eigenvalue weighted by atomic mass is 19.1. The summed E-state index contributed by atoms with van der Waals surface area (Å²) < 4.78 is 14.7. The second-order valence-electron chi connectivity index (χ2n) is 4.78. The number of aliphatic imine (C=N–C) groups is 1. The number of nitrogens with zero attached hydrogens (tertiary/aromatic N) is 3.